The summed E-state index contributed by atoms with van der Waals surface area (Å²) < 4.78 is 48.0. The maximum absolute atomic E-state index is 13.0. The highest BCUT2D eigenvalue weighted by atomic mass is 32.1. The van der Waals surface area contributed by atoms with Gasteiger partial charge in [0, 0.05) is 24.0 Å². The normalized spacial score (nSPS) is 12.8. The molecule has 5 aromatic rings. The summed E-state index contributed by atoms with van der Waals surface area (Å²) in [6.07, 6.45) is -2.96. The summed E-state index contributed by atoms with van der Waals surface area (Å²) in [4.78, 5) is 38.1. The number of carbonyl (C=O) groups is 1. The number of aryl methyl sites for hydroxylation is 1. The van der Waals surface area contributed by atoms with E-state index in [0.29, 0.717) is 46.8 Å². The van der Waals surface area contributed by atoms with Crippen LogP contribution in [0.15, 0.2) is 59.0 Å². The molecule has 4 heterocycles. The molecule has 6 rings (SSSR count). The fourth-order valence-electron chi connectivity index (χ4n) is 4.59. The van der Waals surface area contributed by atoms with Gasteiger partial charge in [-0.2, -0.15) is 18.2 Å². The standard InChI is InChI=1S/C27H22F3N7O3S/c1-15-9-17(5-6-20(15)40-12-16-3-2-4-18(10-16)27(28,29)30)19-13-41-26(33-19)34-21(38)11-36-14-32-23-22(36)24(39)35-25-31-7-8-37(23)25/h2-6,9-10,13-14H,7-8,11-12H2,1H3,(H,31,35,39)(H,33,34,38). The molecule has 10 nitrogen and oxygen atoms in total. The molecule has 1 aliphatic rings. The van der Waals surface area contributed by atoms with E-state index in [0.717, 1.165) is 23.3 Å². The molecule has 14 heteroatoms. The van der Waals surface area contributed by atoms with Crippen molar-refractivity contribution < 1.29 is 22.7 Å². The topological polar surface area (TPSA) is 116 Å². The van der Waals surface area contributed by atoms with Gasteiger partial charge < -0.3 is 19.9 Å². The van der Waals surface area contributed by atoms with Gasteiger partial charge in [-0.05, 0) is 48.4 Å². The van der Waals surface area contributed by atoms with Crippen LogP contribution in [0.5, 0.6) is 5.75 Å². The maximum Gasteiger partial charge on any atom is 0.416 e. The molecule has 0 unspecified atom stereocenters. The van der Waals surface area contributed by atoms with Crippen LogP contribution in [0, 0.1) is 6.92 Å². The molecule has 41 heavy (non-hydrogen) atoms. The Morgan fingerprint density at radius 3 is 2.85 bits per heavy atom. The molecule has 2 aromatic carbocycles. The van der Waals surface area contributed by atoms with Crippen molar-refractivity contribution in [2.24, 2.45) is 0 Å². The first kappa shape index (κ1) is 26.5. The third-order valence-electron chi connectivity index (χ3n) is 6.54. The monoisotopic (exact) mass is 581 g/mol. The molecule has 0 aliphatic carbocycles. The molecule has 0 saturated heterocycles. The van der Waals surface area contributed by atoms with Gasteiger partial charge in [-0.25, -0.2) is 9.97 Å². The SMILES string of the molecule is Cc1cc(-c2csc(NC(=O)Cn3cnc4c3c(=O)nc3n4CCN3)n2)ccc1OCc1cccc(C(F)(F)F)c1. The van der Waals surface area contributed by atoms with Gasteiger partial charge in [0.1, 0.15) is 18.9 Å². The highest BCUT2D eigenvalue weighted by molar-refractivity contribution is 7.14. The molecule has 1 amide bonds. The van der Waals surface area contributed by atoms with Crippen molar-refractivity contribution in [3.63, 3.8) is 0 Å². The molecule has 0 radical (unpaired) electrons. The zero-order valence-corrected chi connectivity index (χ0v) is 22.3. The van der Waals surface area contributed by atoms with E-state index in [1.54, 1.807) is 23.6 Å². The Morgan fingerprint density at radius 1 is 1.20 bits per heavy atom. The fraction of sp³-hybridized carbons (Fsp3) is 0.222. The third kappa shape index (κ3) is 5.37. The number of rotatable bonds is 7. The highest BCUT2D eigenvalue weighted by Gasteiger charge is 2.30. The van der Waals surface area contributed by atoms with E-state index in [4.69, 9.17) is 4.74 Å². The van der Waals surface area contributed by atoms with Crippen molar-refractivity contribution in [2.75, 3.05) is 17.2 Å². The number of carbonyl (C=O) groups excluding carboxylic acids is 1. The predicted molar refractivity (Wildman–Crippen MR) is 147 cm³/mol. The fourth-order valence-corrected chi connectivity index (χ4v) is 5.33. The molecular formula is C27H22F3N7O3S. The van der Waals surface area contributed by atoms with Gasteiger partial charge in [0.25, 0.3) is 0 Å². The molecule has 0 saturated carbocycles. The van der Waals surface area contributed by atoms with Crippen LogP contribution >= 0.6 is 11.3 Å². The second-order valence-corrected chi connectivity index (χ2v) is 10.3. The Kier molecular flexibility index (Phi) is 6.69. The molecule has 1 aliphatic heterocycles. The van der Waals surface area contributed by atoms with E-state index in [1.807, 2.05) is 17.6 Å². The average molecular weight is 582 g/mol. The van der Waals surface area contributed by atoms with Gasteiger partial charge >= 0.3 is 11.7 Å². The van der Waals surface area contributed by atoms with E-state index < -0.39 is 17.3 Å². The first-order valence-electron chi connectivity index (χ1n) is 12.5. The van der Waals surface area contributed by atoms with E-state index in [1.165, 1.54) is 28.3 Å². The summed E-state index contributed by atoms with van der Waals surface area (Å²) in [6, 6.07) is 10.4. The van der Waals surface area contributed by atoms with Crippen LogP contribution in [-0.2, 0) is 30.7 Å². The minimum atomic E-state index is -4.41. The van der Waals surface area contributed by atoms with Crippen LogP contribution < -0.4 is 20.9 Å². The second-order valence-electron chi connectivity index (χ2n) is 9.42. The van der Waals surface area contributed by atoms with Crippen molar-refractivity contribution >= 4 is 39.5 Å². The Balaban J connectivity index is 1.11. The molecule has 210 valence electrons. The Bertz CT molecular complexity index is 1840. The Labute approximate surface area is 234 Å². The Morgan fingerprint density at radius 2 is 2.05 bits per heavy atom. The smallest absolute Gasteiger partial charge is 0.416 e. The number of benzene rings is 2. The van der Waals surface area contributed by atoms with Crippen LogP contribution in [-0.4, -0.2) is 36.5 Å². The van der Waals surface area contributed by atoms with Gasteiger partial charge in [0.05, 0.1) is 17.6 Å². The molecule has 2 N–H and O–H groups in total. The number of thiazole rings is 1. The largest absolute Gasteiger partial charge is 0.489 e. The third-order valence-corrected chi connectivity index (χ3v) is 7.30. The van der Waals surface area contributed by atoms with E-state index in [-0.39, 0.29) is 24.6 Å². The molecule has 0 atom stereocenters. The number of halogens is 3. The number of imidazole rings is 1. The van der Waals surface area contributed by atoms with E-state index in [2.05, 4.69) is 25.6 Å². The average Bonchev–Trinajstić information content (AvgIpc) is 3.68. The number of amides is 1. The molecule has 0 fully saturated rings. The van der Waals surface area contributed by atoms with Crippen molar-refractivity contribution in [3.05, 3.63) is 81.2 Å². The highest BCUT2D eigenvalue weighted by Crippen LogP contribution is 2.31. The van der Waals surface area contributed by atoms with Crippen LogP contribution in [0.2, 0.25) is 0 Å². The number of alkyl halides is 3. The van der Waals surface area contributed by atoms with Crippen molar-refractivity contribution in [3.8, 4) is 17.0 Å². The summed E-state index contributed by atoms with van der Waals surface area (Å²) in [5.41, 5.74) is 2.17. The zero-order chi connectivity index (χ0) is 28.7. The Hall–Kier alpha value is -4.72. The van der Waals surface area contributed by atoms with Crippen molar-refractivity contribution in [1.29, 1.82) is 0 Å². The van der Waals surface area contributed by atoms with Gasteiger partial charge in [-0.3, -0.25) is 14.2 Å². The van der Waals surface area contributed by atoms with Crippen molar-refractivity contribution in [2.45, 2.75) is 32.8 Å². The van der Waals surface area contributed by atoms with Crippen LogP contribution in [0.25, 0.3) is 22.4 Å². The number of hydrogen-bond acceptors (Lipinski definition) is 8. The number of ether oxygens (including phenoxy) is 1. The van der Waals surface area contributed by atoms with E-state index in [9.17, 15) is 22.8 Å². The summed E-state index contributed by atoms with van der Waals surface area (Å²) in [5, 5.41) is 7.98. The van der Waals surface area contributed by atoms with Crippen LogP contribution in [0.1, 0.15) is 16.7 Å². The lowest BCUT2D eigenvalue weighted by Gasteiger charge is -2.12. The minimum Gasteiger partial charge on any atom is -0.489 e. The number of hydrogen-bond donors (Lipinski definition) is 2. The number of aromatic nitrogens is 5. The zero-order valence-electron chi connectivity index (χ0n) is 21.5. The molecular weight excluding hydrogens is 559 g/mol. The maximum atomic E-state index is 13.0. The first-order chi connectivity index (χ1) is 19.7. The summed E-state index contributed by atoms with van der Waals surface area (Å²) in [6.45, 7) is 2.97. The molecule has 3 aromatic heterocycles. The van der Waals surface area contributed by atoms with Crippen LogP contribution in [0.3, 0.4) is 0 Å². The summed E-state index contributed by atoms with van der Waals surface area (Å²) >= 11 is 1.25. The number of nitrogens with one attached hydrogen (secondary N) is 2. The molecule has 0 bridgehead atoms. The van der Waals surface area contributed by atoms with Gasteiger partial charge in [-0.1, -0.05) is 12.1 Å². The first-order valence-corrected chi connectivity index (χ1v) is 13.4. The predicted octanol–water partition coefficient (Wildman–Crippen LogP) is 4.69. The van der Waals surface area contributed by atoms with Crippen molar-refractivity contribution in [1.82, 2.24) is 24.1 Å². The molecule has 0 spiro atoms. The quantitative estimate of drug-likeness (QED) is 0.287. The lowest BCUT2D eigenvalue weighted by molar-refractivity contribution is -0.137. The summed E-state index contributed by atoms with van der Waals surface area (Å²) in [7, 11) is 0. The number of anilines is 2. The summed E-state index contributed by atoms with van der Waals surface area (Å²) in [5.74, 6) is 0.634. The minimum absolute atomic E-state index is 0.00879. The second kappa shape index (κ2) is 10.4. The van der Waals surface area contributed by atoms with Gasteiger partial charge in [0.15, 0.2) is 16.3 Å². The lowest BCUT2D eigenvalue weighted by atomic mass is 10.1. The number of nitrogens with zero attached hydrogens (tertiary/aromatic N) is 5. The van der Waals surface area contributed by atoms with Gasteiger partial charge in [-0.15, -0.1) is 11.3 Å². The van der Waals surface area contributed by atoms with Crippen LogP contribution in [0.4, 0.5) is 24.3 Å². The lowest BCUT2D eigenvalue weighted by Crippen LogP contribution is -2.21. The van der Waals surface area contributed by atoms with E-state index >= 15 is 0 Å². The van der Waals surface area contributed by atoms with Gasteiger partial charge in [0.2, 0.25) is 11.9 Å². The number of fused-ring (bicyclic) bond motifs is 3.